The van der Waals surface area contributed by atoms with Gasteiger partial charge >= 0.3 is 0 Å². The standard InChI is InChI=1S/C14H16O3S.Na/c1-9(2)11-4-6-12-10(3)8-14(18(15,16)17)13(12)7-5-11;/h4-9H,1-3H3,(H,15,16,17);. The van der Waals surface area contributed by atoms with E-state index in [1.54, 1.807) is 6.07 Å². The van der Waals surface area contributed by atoms with E-state index in [1.165, 1.54) is 6.07 Å². The van der Waals surface area contributed by atoms with E-state index in [0.29, 0.717) is 11.5 Å². The number of aryl methyl sites for hydroxylation is 1. The summed E-state index contributed by atoms with van der Waals surface area (Å²) in [4.78, 5) is -0.0130. The summed E-state index contributed by atoms with van der Waals surface area (Å²) in [5, 5.41) is 0. The number of fused-ring (bicyclic) bond motifs is 1. The van der Waals surface area contributed by atoms with Crippen LogP contribution < -0.4 is 0 Å². The molecule has 0 heterocycles. The monoisotopic (exact) mass is 287 g/mol. The van der Waals surface area contributed by atoms with Crippen LogP contribution in [-0.4, -0.2) is 42.5 Å². The van der Waals surface area contributed by atoms with Crippen LogP contribution in [0, 0.1) is 6.92 Å². The summed E-state index contributed by atoms with van der Waals surface area (Å²) in [6.07, 6.45) is 0. The van der Waals surface area contributed by atoms with Crippen molar-refractivity contribution >= 4 is 39.7 Å². The van der Waals surface area contributed by atoms with Crippen molar-refractivity contribution < 1.29 is 13.0 Å². The first-order valence-corrected chi connectivity index (χ1v) is 7.25. The molecule has 2 aliphatic rings. The molecule has 0 fully saturated rings. The number of hydrogen-bond acceptors (Lipinski definition) is 2. The van der Waals surface area contributed by atoms with Gasteiger partial charge in [0.25, 0.3) is 10.1 Å². The molecule has 0 atom stereocenters. The van der Waals surface area contributed by atoms with E-state index in [-0.39, 0.29) is 34.5 Å². The van der Waals surface area contributed by atoms with Crippen LogP contribution in [-0.2, 0) is 10.1 Å². The molecule has 0 unspecified atom stereocenters. The van der Waals surface area contributed by atoms with Gasteiger partial charge in [0.15, 0.2) is 0 Å². The summed E-state index contributed by atoms with van der Waals surface area (Å²) < 4.78 is 31.9. The molecule has 2 aliphatic carbocycles. The fraction of sp³-hybridized carbons (Fsp3) is 0.286. The Morgan fingerprint density at radius 1 is 1.05 bits per heavy atom. The molecule has 0 saturated heterocycles. The minimum Gasteiger partial charge on any atom is -0.282 e. The van der Waals surface area contributed by atoms with Crippen LogP contribution in [0.3, 0.4) is 0 Å². The van der Waals surface area contributed by atoms with Crippen LogP contribution >= 0.6 is 0 Å². The minimum atomic E-state index is -4.17. The fourth-order valence-electron chi connectivity index (χ4n) is 2.10. The van der Waals surface area contributed by atoms with Crippen molar-refractivity contribution in [1.82, 2.24) is 0 Å². The first-order valence-electron chi connectivity index (χ1n) is 5.81. The van der Waals surface area contributed by atoms with Gasteiger partial charge in [-0.15, -0.1) is 0 Å². The molecule has 0 spiro atoms. The van der Waals surface area contributed by atoms with Gasteiger partial charge in [0.2, 0.25) is 0 Å². The first-order chi connectivity index (χ1) is 8.30. The van der Waals surface area contributed by atoms with E-state index in [2.05, 4.69) is 13.8 Å². The van der Waals surface area contributed by atoms with E-state index in [0.717, 1.165) is 16.7 Å². The number of hydrogen-bond donors (Lipinski definition) is 1. The van der Waals surface area contributed by atoms with Crippen LogP contribution in [0.5, 0.6) is 0 Å². The molecule has 19 heavy (non-hydrogen) atoms. The van der Waals surface area contributed by atoms with Gasteiger partial charge in [0.05, 0.1) is 0 Å². The second kappa shape index (κ2) is 5.94. The van der Waals surface area contributed by atoms with E-state index in [1.807, 2.05) is 25.1 Å². The van der Waals surface area contributed by atoms with E-state index >= 15 is 0 Å². The van der Waals surface area contributed by atoms with Crippen molar-refractivity contribution in [3.63, 3.8) is 0 Å². The maximum Gasteiger partial charge on any atom is 0.295 e. The van der Waals surface area contributed by atoms with Crippen molar-refractivity contribution in [2.75, 3.05) is 0 Å². The van der Waals surface area contributed by atoms with E-state index in [9.17, 15) is 13.0 Å². The zero-order valence-electron chi connectivity index (χ0n) is 11.6. The fourth-order valence-corrected chi connectivity index (χ4v) is 2.89. The second-order valence-electron chi connectivity index (χ2n) is 4.82. The van der Waals surface area contributed by atoms with Crippen molar-refractivity contribution in [3.05, 3.63) is 41.5 Å². The second-order valence-corrected chi connectivity index (χ2v) is 6.21. The van der Waals surface area contributed by atoms with Gasteiger partial charge in [-0.2, -0.15) is 8.42 Å². The molecular weight excluding hydrogens is 271 g/mol. The Hall–Kier alpha value is -0.390. The van der Waals surface area contributed by atoms with Gasteiger partial charge in [0, 0.05) is 35.1 Å². The van der Waals surface area contributed by atoms with Crippen LogP contribution in [0.15, 0.2) is 35.2 Å². The molecule has 97 valence electrons. The van der Waals surface area contributed by atoms with Gasteiger partial charge in [-0.1, -0.05) is 38.1 Å². The van der Waals surface area contributed by atoms with Gasteiger partial charge in [-0.05, 0) is 35.6 Å². The van der Waals surface area contributed by atoms with Gasteiger partial charge in [0.1, 0.15) is 4.90 Å². The molecule has 0 saturated carbocycles. The molecule has 1 N–H and O–H groups in total. The SMILES string of the molecule is Cc1cc(S(=O)(=O)O)c2ccc(C(C)C)ccc1-2.[Na]. The molecule has 0 amide bonds. The average Bonchev–Trinajstić information content (AvgIpc) is 2.46. The van der Waals surface area contributed by atoms with Gasteiger partial charge in [-0.25, -0.2) is 0 Å². The first kappa shape index (κ1) is 16.7. The Labute approximate surface area is 136 Å². The molecule has 0 bridgehead atoms. The summed E-state index contributed by atoms with van der Waals surface area (Å²) in [7, 11) is -4.17. The summed E-state index contributed by atoms with van der Waals surface area (Å²) in [5.74, 6) is 0.371. The summed E-state index contributed by atoms with van der Waals surface area (Å²) in [6.45, 7) is 6.00. The molecule has 0 aromatic carbocycles. The molecule has 0 aliphatic heterocycles. The van der Waals surface area contributed by atoms with Crippen molar-refractivity contribution in [2.24, 2.45) is 0 Å². The van der Waals surface area contributed by atoms with Crippen molar-refractivity contribution in [1.29, 1.82) is 0 Å². The summed E-state index contributed by atoms with van der Waals surface area (Å²) in [5.41, 5.74) is 3.41. The third kappa shape index (κ3) is 3.38. The Bertz CT molecular complexity index is 663. The maximum atomic E-state index is 11.3. The van der Waals surface area contributed by atoms with Gasteiger partial charge < -0.3 is 0 Å². The summed E-state index contributed by atoms with van der Waals surface area (Å²) in [6, 6.07) is 9.08. The third-order valence-corrected chi connectivity index (χ3v) is 4.05. The zero-order valence-corrected chi connectivity index (χ0v) is 14.5. The van der Waals surface area contributed by atoms with Crippen molar-refractivity contribution in [3.8, 4) is 11.1 Å². The molecule has 0 aromatic heterocycles. The predicted molar refractivity (Wildman–Crippen MR) is 77.5 cm³/mol. The molecular formula is C14H16NaO3S. The average molecular weight is 287 g/mol. The zero-order chi connectivity index (χ0) is 13.5. The molecule has 1 radical (unpaired) electrons. The van der Waals surface area contributed by atoms with Crippen LogP contribution in [0.2, 0.25) is 0 Å². The van der Waals surface area contributed by atoms with Crippen LogP contribution in [0.4, 0.5) is 0 Å². The topological polar surface area (TPSA) is 54.4 Å². The quantitative estimate of drug-likeness (QED) is 0.682. The third-order valence-electron chi connectivity index (χ3n) is 3.16. The smallest absolute Gasteiger partial charge is 0.282 e. The van der Waals surface area contributed by atoms with E-state index in [4.69, 9.17) is 0 Å². The van der Waals surface area contributed by atoms with Crippen LogP contribution in [0.25, 0.3) is 11.1 Å². The van der Waals surface area contributed by atoms with Crippen LogP contribution in [0.1, 0.15) is 30.9 Å². The Balaban J connectivity index is 0.00000180. The molecule has 3 nitrogen and oxygen atoms in total. The Morgan fingerprint density at radius 2 is 1.58 bits per heavy atom. The maximum absolute atomic E-state index is 11.3. The largest absolute Gasteiger partial charge is 0.295 e. The number of rotatable bonds is 2. The molecule has 5 heteroatoms. The van der Waals surface area contributed by atoms with Gasteiger partial charge in [-0.3, -0.25) is 4.55 Å². The summed E-state index contributed by atoms with van der Waals surface area (Å²) >= 11 is 0. The Morgan fingerprint density at radius 3 is 2.05 bits per heavy atom. The minimum absolute atomic E-state index is 0. The van der Waals surface area contributed by atoms with Crippen molar-refractivity contribution in [2.45, 2.75) is 31.6 Å². The predicted octanol–water partition coefficient (Wildman–Crippen LogP) is 3.09. The molecule has 0 aromatic rings. The normalized spacial score (nSPS) is 11.6. The van der Waals surface area contributed by atoms with E-state index < -0.39 is 10.1 Å². The molecule has 2 rings (SSSR count). The Kier molecular flexibility index (Phi) is 5.21.